The summed E-state index contributed by atoms with van der Waals surface area (Å²) < 4.78 is 11.3. The first kappa shape index (κ1) is 20.7. The number of oxazole rings is 1. The topological polar surface area (TPSA) is 70.8 Å². The SMILES string of the molecule is COc1cccc(N2CCC(CNC(=O)N3CCCC(c4nc5ccccc5o4)C3)C2)c1. The third kappa shape index (κ3) is 4.38. The molecule has 2 aliphatic heterocycles. The lowest BCUT2D eigenvalue weighted by Gasteiger charge is -2.31. The van der Waals surface area contributed by atoms with Crippen molar-refractivity contribution < 1.29 is 13.9 Å². The Labute approximate surface area is 188 Å². The van der Waals surface area contributed by atoms with Crippen LogP contribution < -0.4 is 15.0 Å². The number of urea groups is 1. The van der Waals surface area contributed by atoms with E-state index in [1.165, 1.54) is 5.69 Å². The van der Waals surface area contributed by atoms with E-state index < -0.39 is 0 Å². The van der Waals surface area contributed by atoms with Gasteiger partial charge in [-0.15, -0.1) is 0 Å². The number of piperidine rings is 1. The Balaban J connectivity index is 1.14. The van der Waals surface area contributed by atoms with Gasteiger partial charge < -0.3 is 24.3 Å². The molecule has 32 heavy (non-hydrogen) atoms. The van der Waals surface area contributed by atoms with E-state index in [1.807, 2.05) is 41.3 Å². The minimum Gasteiger partial charge on any atom is -0.497 e. The van der Waals surface area contributed by atoms with Crippen LogP contribution in [0.4, 0.5) is 10.5 Å². The first-order valence-electron chi connectivity index (χ1n) is 11.5. The molecule has 1 N–H and O–H groups in total. The summed E-state index contributed by atoms with van der Waals surface area (Å²) in [4.78, 5) is 21.8. The van der Waals surface area contributed by atoms with E-state index >= 15 is 0 Å². The van der Waals surface area contributed by atoms with Gasteiger partial charge in [0.2, 0.25) is 0 Å². The largest absolute Gasteiger partial charge is 0.497 e. The van der Waals surface area contributed by atoms with Gasteiger partial charge in [0.15, 0.2) is 11.5 Å². The number of carbonyl (C=O) groups excluding carboxylic acids is 1. The Morgan fingerprint density at radius 2 is 2.06 bits per heavy atom. The van der Waals surface area contributed by atoms with Crippen LogP contribution in [0.25, 0.3) is 11.1 Å². The number of hydrogen-bond donors (Lipinski definition) is 1. The van der Waals surface area contributed by atoms with E-state index in [2.05, 4.69) is 27.3 Å². The molecule has 2 saturated heterocycles. The Morgan fingerprint density at radius 1 is 1.16 bits per heavy atom. The fourth-order valence-electron chi connectivity index (χ4n) is 4.81. The molecule has 7 nitrogen and oxygen atoms in total. The van der Waals surface area contributed by atoms with Crippen LogP contribution in [0.3, 0.4) is 0 Å². The quantitative estimate of drug-likeness (QED) is 0.650. The van der Waals surface area contributed by atoms with Crippen LogP contribution in [0.5, 0.6) is 5.75 Å². The molecular weight excluding hydrogens is 404 g/mol. The Bertz CT molecular complexity index is 1050. The van der Waals surface area contributed by atoms with Crippen molar-refractivity contribution in [3.05, 3.63) is 54.4 Å². The number of para-hydroxylation sites is 2. The number of likely N-dealkylation sites (tertiary alicyclic amines) is 1. The van der Waals surface area contributed by atoms with Crippen molar-refractivity contribution >= 4 is 22.8 Å². The van der Waals surface area contributed by atoms with E-state index in [-0.39, 0.29) is 11.9 Å². The summed E-state index contributed by atoms with van der Waals surface area (Å²) >= 11 is 0. The number of nitrogens with one attached hydrogen (secondary N) is 1. The molecule has 3 heterocycles. The average Bonchev–Trinajstić information content (AvgIpc) is 3.50. The standard InChI is InChI=1S/C25H30N4O3/c1-31-21-8-4-7-20(14-21)28-13-11-18(16-28)15-26-25(30)29-12-5-6-19(17-29)24-27-22-9-2-3-10-23(22)32-24/h2-4,7-10,14,18-19H,5-6,11-13,15-17H2,1H3,(H,26,30). The van der Waals surface area contributed by atoms with Gasteiger partial charge in [-0.1, -0.05) is 18.2 Å². The van der Waals surface area contributed by atoms with Crippen molar-refractivity contribution in [3.8, 4) is 5.75 Å². The third-order valence-corrected chi connectivity index (χ3v) is 6.61. The van der Waals surface area contributed by atoms with E-state index in [4.69, 9.17) is 9.15 Å². The van der Waals surface area contributed by atoms with E-state index in [9.17, 15) is 4.79 Å². The first-order valence-corrected chi connectivity index (χ1v) is 11.5. The predicted octanol–water partition coefficient (Wildman–Crippen LogP) is 4.25. The van der Waals surface area contributed by atoms with Crippen LogP contribution in [0.15, 0.2) is 52.9 Å². The molecule has 0 bridgehead atoms. The molecule has 168 valence electrons. The van der Waals surface area contributed by atoms with Crippen molar-refractivity contribution in [1.29, 1.82) is 0 Å². The number of anilines is 1. The van der Waals surface area contributed by atoms with E-state index in [0.29, 0.717) is 19.0 Å². The zero-order valence-electron chi connectivity index (χ0n) is 18.5. The molecule has 2 atom stereocenters. The van der Waals surface area contributed by atoms with E-state index in [0.717, 1.165) is 61.6 Å². The zero-order chi connectivity index (χ0) is 21.9. The molecule has 7 heteroatoms. The van der Waals surface area contributed by atoms with Crippen LogP contribution in [0, 0.1) is 5.92 Å². The van der Waals surface area contributed by atoms with Crippen molar-refractivity contribution in [3.63, 3.8) is 0 Å². The summed E-state index contributed by atoms with van der Waals surface area (Å²) in [5.74, 6) is 2.21. The maximum absolute atomic E-state index is 12.9. The maximum Gasteiger partial charge on any atom is 0.317 e. The molecular formula is C25H30N4O3. The zero-order valence-corrected chi connectivity index (χ0v) is 18.5. The van der Waals surface area contributed by atoms with Crippen molar-refractivity contribution in [2.75, 3.05) is 44.7 Å². The number of nitrogens with zero attached hydrogens (tertiary/aromatic N) is 3. The molecule has 2 amide bonds. The highest BCUT2D eigenvalue weighted by Gasteiger charge is 2.29. The summed E-state index contributed by atoms with van der Waals surface area (Å²) in [6, 6.07) is 16.0. The van der Waals surface area contributed by atoms with Crippen molar-refractivity contribution in [2.45, 2.75) is 25.2 Å². The molecule has 2 fully saturated rings. The molecule has 0 radical (unpaired) electrons. The fourth-order valence-corrected chi connectivity index (χ4v) is 4.81. The highest BCUT2D eigenvalue weighted by atomic mass is 16.5. The average molecular weight is 435 g/mol. The second-order valence-electron chi connectivity index (χ2n) is 8.79. The van der Waals surface area contributed by atoms with E-state index in [1.54, 1.807) is 7.11 Å². The summed E-state index contributed by atoms with van der Waals surface area (Å²) in [5, 5.41) is 3.17. The van der Waals surface area contributed by atoms with Gasteiger partial charge in [0.25, 0.3) is 0 Å². The highest BCUT2D eigenvalue weighted by molar-refractivity contribution is 5.74. The summed E-state index contributed by atoms with van der Waals surface area (Å²) in [6.07, 6.45) is 3.03. The second kappa shape index (κ2) is 9.10. The molecule has 5 rings (SSSR count). The monoisotopic (exact) mass is 434 g/mol. The number of fused-ring (bicyclic) bond motifs is 1. The number of carbonyl (C=O) groups is 1. The number of hydrogen-bond acceptors (Lipinski definition) is 5. The first-order chi connectivity index (χ1) is 15.7. The lowest BCUT2D eigenvalue weighted by atomic mass is 9.98. The van der Waals surface area contributed by atoms with Gasteiger partial charge in [-0.05, 0) is 49.4 Å². The van der Waals surface area contributed by atoms with Gasteiger partial charge >= 0.3 is 6.03 Å². The van der Waals surface area contributed by atoms with Crippen molar-refractivity contribution in [1.82, 2.24) is 15.2 Å². The summed E-state index contributed by atoms with van der Waals surface area (Å²) in [5.41, 5.74) is 2.87. The number of aromatic nitrogens is 1. The molecule has 2 aromatic carbocycles. The van der Waals surface area contributed by atoms with Gasteiger partial charge in [0.1, 0.15) is 11.3 Å². The molecule has 0 spiro atoms. The minimum atomic E-state index is 0.0191. The Kier molecular flexibility index (Phi) is 5.88. The summed E-state index contributed by atoms with van der Waals surface area (Å²) in [6.45, 7) is 4.07. The number of methoxy groups -OCH3 is 1. The van der Waals surface area contributed by atoms with Crippen LogP contribution in [-0.2, 0) is 0 Å². The van der Waals surface area contributed by atoms with Gasteiger partial charge in [-0.3, -0.25) is 0 Å². The van der Waals surface area contributed by atoms with Crippen LogP contribution in [0.1, 0.15) is 31.1 Å². The molecule has 0 aliphatic carbocycles. The normalized spacial score (nSPS) is 21.2. The number of amides is 2. The Hall–Kier alpha value is -3.22. The number of rotatable bonds is 5. The van der Waals surface area contributed by atoms with Gasteiger partial charge in [-0.2, -0.15) is 0 Å². The highest BCUT2D eigenvalue weighted by Crippen LogP contribution is 2.29. The molecule has 2 aliphatic rings. The molecule has 2 unspecified atom stereocenters. The minimum absolute atomic E-state index is 0.0191. The lowest BCUT2D eigenvalue weighted by Crippen LogP contribution is -2.46. The number of benzene rings is 2. The smallest absolute Gasteiger partial charge is 0.317 e. The predicted molar refractivity (Wildman–Crippen MR) is 124 cm³/mol. The van der Waals surface area contributed by atoms with Crippen LogP contribution in [-0.4, -0.2) is 55.7 Å². The summed E-state index contributed by atoms with van der Waals surface area (Å²) in [7, 11) is 1.69. The van der Waals surface area contributed by atoms with Crippen molar-refractivity contribution in [2.24, 2.45) is 5.92 Å². The lowest BCUT2D eigenvalue weighted by molar-refractivity contribution is 0.173. The Morgan fingerprint density at radius 3 is 2.94 bits per heavy atom. The van der Waals surface area contributed by atoms with Gasteiger partial charge in [0, 0.05) is 44.5 Å². The molecule has 1 aromatic heterocycles. The van der Waals surface area contributed by atoms with Crippen LogP contribution >= 0.6 is 0 Å². The maximum atomic E-state index is 12.9. The number of ether oxygens (including phenoxy) is 1. The molecule has 0 saturated carbocycles. The van der Waals surface area contributed by atoms with Gasteiger partial charge in [0.05, 0.1) is 13.0 Å². The second-order valence-corrected chi connectivity index (χ2v) is 8.79. The molecule has 3 aromatic rings. The van der Waals surface area contributed by atoms with Crippen LogP contribution in [0.2, 0.25) is 0 Å². The fraction of sp³-hybridized carbons (Fsp3) is 0.440. The third-order valence-electron chi connectivity index (χ3n) is 6.61. The van der Waals surface area contributed by atoms with Gasteiger partial charge in [-0.25, -0.2) is 9.78 Å².